The second kappa shape index (κ2) is 5.83. The summed E-state index contributed by atoms with van der Waals surface area (Å²) in [4.78, 5) is 4.62. The molecule has 0 amide bonds. The number of aliphatic hydroxyl groups is 1. The highest BCUT2D eigenvalue weighted by atomic mass is 16.3. The molecule has 4 nitrogen and oxygen atoms in total. The van der Waals surface area contributed by atoms with Gasteiger partial charge < -0.3 is 14.6 Å². The third-order valence-corrected chi connectivity index (χ3v) is 4.06. The van der Waals surface area contributed by atoms with Crippen LogP contribution in [0.5, 0.6) is 5.75 Å². The summed E-state index contributed by atoms with van der Waals surface area (Å²) in [5.41, 5.74) is 5.69. The molecule has 0 saturated heterocycles. The Kier molecular flexibility index (Phi) is 3.52. The molecule has 2 heterocycles. The van der Waals surface area contributed by atoms with E-state index in [0.717, 1.165) is 33.6 Å². The smallest absolute Gasteiger partial charge is 0.137 e. The molecule has 0 atom stereocenters. The summed E-state index contributed by atoms with van der Waals surface area (Å²) in [6.45, 7) is 0.0339. The minimum Gasteiger partial charge on any atom is -0.508 e. The zero-order valence-electron chi connectivity index (χ0n) is 12.9. The van der Waals surface area contributed by atoms with Gasteiger partial charge in [-0.05, 0) is 59.2 Å². The molecule has 0 radical (unpaired) electrons. The number of rotatable bonds is 3. The molecule has 0 fully saturated rings. The molecule has 2 N–H and O–H groups in total. The standard InChI is InChI=1S/C20H16N2O2/c23-13-14-2-1-3-16(10-14)17-6-9-20-21-19(12-22(20)11-17)15-4-7-18(24)8-5-15/h1-12,23-24H,13H2. The molecule has 0 unspecified atom stereocenters. The number of hydrogen-bond donors (Lipinski definition) is 2. The van der Waals surface area contributed by atoms with Crippen molar-refractivity contribution in [1.29, 1.82) is 0 Å². The molecule has 4 rings (SSSR count). The van der Waals surface area contributed by atoms with E-state index < -0.39 is 0 Å². The van der Waals surface area contributed by atoms with E-state index in [0.29, 0.717) is 0 Å². The van der Waals surface area contributed by atoms with Gasteiger partial charge in [0.25, 0.3) is 0 Å². The third-order valence-electron chi connectivity index (χ3n) is 4.06. The van der Waals surface area contributed by atoms with E-state index in [4.69, 9.17) is 0 Å². The monoisotopic (exact) mass is 316 g/mol. The Morgan fingerprint density at radius 1 is 0.833 bits per heavy atom. The molecule has 0 aliphatic carbocycles. The van der Waals surface area contributed by atoms with Crippen molar-refractivity contribution in [2.45, 2.75) is 6.61 Å². The van der Waals surface area contributed by atoms with Crippen LogP contribution >= 0.6 is 0 Å². The summed E-state index contributed by atoms with van der Waals surface area (Å²) in [5.74, 6) is 0.244. The fourth-order valence-electron chi connectivity index (χ4n) is 2.78. The van der Waals surface area contributed by atoms with Crippen molar-refractivity contribution >= 4 is 5.65 Å². The maximum Gasteiger partial charge on any atom is 0.137 e. The molecular weight excluding hydrogens is 300 g/mol. The van der Waals surface area contributed by atoms with Crippen LogP contribution in [0.3, 0.4) is 0 Å². The normalized spacial score (nSPS) is 11.0. The van der Waals surface area contributed by atoms with E-state index in [9.17, 15) is 10.2 Å². The number of imidazole rings is 1. The van der Waals surface area contributed by atoms with Gasteiger partial charge in [-0.3, -0.25) is 0 Å². The minimum atomic E-state index is 0.0339. The van der Waals surface area contributed by atoms with Gasteiger partial charge in [0, 0.05) is 18.0 Å². The number of aromatic nitrogens is 2. The van der Waals surface area contributed by atoms with Gasteiger partial charge in [0.1, 0.15) is 11.4 Å². The first-order valence-corrected chi connectivity index (χ1v) is 7.71. The van der Waals surface area contributed by atoms with Crippen LogP contribution < -0.4 is 0 Å². The molecular formula is C20H16N2O2. The molecule has 118 valence electrons. The molecule has 2 aromatic carbocycles. The Bertz CT molecular complexity index is 1000. The van der Waals surface area contributed by atoms with Gasteiger partial charge in [0.05, 0.1) is 12.3 Å². The summed E-state index contributed by atoms with van der Waals surface area (Å²) in [5, 5.41) is 18.7. The Hall–Kier alpha value is -3.11. The number of pyridine rings is 1. The second-order valence-electron chi connectivity index (χ2n) is 5.71. The summed E-state index contributed by atoms with van der Waals surface area (Å²) >= 11 is 0. The summed E-state index contributed by atoms with van der Waals surface area (Å²) in [6, 6.07) is 18.9. The second-order valence-corrected chi connectivity index (χ2v) is 5.71. The minimum absolute atomic E-state index is 0.0339. The average molecular weight is 316 g/mol. The Morgan fingerprint density at radius 2 is 1.62 bits per heavy atom. The lowest BCUT2D eigenvalue weighted by Gasteiger charge is -2.04. The topological polar surface area (TPSA) is 57.8 Å². The molecule has 0 bridgehead atoms. The van der Waals surface area contributed by atoms with Gasteiger partial charge in [-0.25, -0.2) is 4.98 Å². The zero-order chi connectivity index (χ0) is 16.5. The van der Waals surface area contributed by atoms with Crippen LogP contribution in [-0.2, 0) is 6.61 Å². The molecule has 2 aromatic heterocycles. The molecule has 0 saturated carbocycles. The molecule has 4 aromatic rings. The van der Waals surface area contributed by atoms with E-state index in [2.05, 4.69) is 4.98 Å². The number of nitrogens with zero attached hydrogens (tertiary/aromatic N) is 2. The van der Waals surface area contributed by atoms with Crippen molar-refractivity contribution in [3.63, 3.8) is 0 Å². The molecule has 0 spiro atoms. The highest BCUT2D eigenvalue weighted by molar-refractivity contribution is 5.68. The van der Waals surface area contributed by atoms with Crippen LogP contribution in [0.1, 0.15) is 5.56 Å². The first kappa shape index (κ1) is 14.5. The Morgan fingerprint density at radius 3 is 2.42 bits per heavy atom. The van der Waals surface area contributed by atoms with Crippen molar-refractivity contribution in [2.75, 3.05) is 0 Å². The summed E-state index contributed by atoms with van der Waals surface area (Å²) in [6.07, 6.45) is 4.00. The number of phenolic OH excluding ortho intramolecular Hbond substituents is 1. The number of phenols is 1. The first-order valence-electron chi connectivity index (χ1n) is 7.71. The van der Waals surface area contributed by atoms with E-state index in [-0.39, 0.29) is 12.4 Å². The molecule has 24 heavy (non-hydrogen) atoms. The Balaban J connectivity index is 1.76. The Labute approximate surface area is 139 Å². The van der Waals surface area contributed by atoms with Gasteiger partial charge in [0.2, 0.25) is 0 Å². The summed E-state index contributed by atoms with van der Waals surface area (Å²) in [7, 11) is 0. The fraction of sp³-hybridized carbons (Fsp3) is 0.0500. The van der Waals surface area contributed by atoms with Crippen LogP contribution in [0.4, 0.5) is 0 Å². The van der Waals surface area contributed by atoms with Crippen LogP contribution in [0.25, 0.3) is 28.0 Å². The largest absolute Gasteiger partial charge is 0.508 e. The number of aromatic hydroxyl groups is 1. The maximum atomic E-state index is 9.41. The van der Waals surface area contributed by atoms with E-state index in [1.807, 2.05) is 65.3 Å². The van der Waals surface area contributed by atoms with Crippen LogP contribution in [0.2, 0.25) is 0 Å². The summed E-state index contributed by atoms with van der Waals surface area (Å²) < 4.78 is 1.99. The molecule has 0 aliphatic heterocycles. The number of aliphatic hydroxyl groups excluding tert-OH is 1. The van der Waals surface area contributed by atoms with Gasteiger partial charge in [-0.1, -0.05) is 18.2 Å². The van der Waals surface area contributed by atoms with Crippen molar-refractivity contribution in [3.8, 4) is 28.1 Å². The van der Waals surface area contributed by atoms with E-state index in [1.165, 1.54) is 0 Å². The number of benzene rings is 2. The lowest BCUT2D eigenvalue weighted by atomic mass is 10.1. The molecule has 4 heteroatoms. The van der Waals surface area contributed by atoms with E-state index in [1.54, 1.807) is 12.1 Å². The van der Waals surface area contributed by atoms with Crippen LogP contribution in [-0.4, -0.2) is 19.6 Å². The maximum absolute atomic E-state index is 9.41. The lowest BCUT2D eigenvalue weighted by Crippen LogP contribution is -1.87. The predicted octanol–water partition coefficient (Wildman–Crippen LogP) is 3.87. The van der Waals surface area contributed by atoms with Gasteiger partial charge in [0.15, 0.2) is 0 Å². The van der Waals surface area contributed by atoms with Crippen molar-refractivity contribution in [1.82, 2.24) is 9.38 Å². The highest BCUT2D eigenvalue weighted by Gasteiger charge is 2.06. The van der Waals surface area contributed by atoms with Crippen LogP contribution in [0.15, 0.2) is 73.1 Å². The van der Waals surface area contributed by atoms with Gasteiger partial charge in [-0.2, -0.15) is 0 Å². The lowest BCUT2D eigenvalue weighted by molar-refractivity contribution is 0.282. The fourth-order valence-corrected chi connectivity index (χ4v) is 2.78. The number of hydrogen-bond acceptors (Lipinski definition) is 3. The van der Waals surface area contributed by atoms with Crippen molar-refractivity contribution in [3.05, 3.63) is 78.6 Å². The van der Waals surface area contributed by atoms with Crippen LogP contribution in [0, 0.1) is 0 Å². The molecule has 0 aliphatic rings. The van der Waals surface area contributed by atoms with Crippen molar-refractivity contribution in [2.24, 2.45) is 0 Å². The van der Waals surface area contributed by atoms with Gasteiger partial charge >= 0.3 is 0 Å². The van der Waals surface area contributed by atoms with E-state index >= 15 is 0 Å². The quantitative estimate of drug-likeness (QED) is 0.603. The number of fused-ring (bicyclic) bond motifs is 1. The SMILES string of the molecule is OCc1cccc(-c2ccc3nc(-c4ccc(O)cc4)cn3c2)c1. The van der Waals surface area contributed by atoms with Gasteiger partial charge in [-0.15, -0.1) is 0 Å². The predicted molar refractivity (Wildman–Crippen MR) is 93.7 cm³/mol. The first-order chi connectivity index (χ1) is 11.7. The van der Waals surface area contributed by atoms with Crippen molar-refractivity contribution < 1.29 is 10.2 Å². The average Bonchev–Trinajstić information content (AvgIpc) is 3.05. The zero-order valence-corrected chi connectivity index (χ0v) is 12.9. The highest BCUT2D eigenvalue weighted by Crippen LogP contribution is 2.25. The third kappa shape index (κ3) is 2.64.